The third-order valence-corrected chi connectivity index (χ3v) is 8.45. The first-order valence-corrected chi connectivity index (χ1v) is 12.7. The van der Waals surface area contributed by atoms with E-state index in [1.54, 1.807) is 11.0 Å². The predicted octanol–water partition coefficient (Wildman–Crippen LogP) is 2.51. The number of rotatable bonds is 5. The minimum atomic E-state index is -0.643. The lowest BCUT2D eigenvalue weighted by Gasteiger charge is -2.41. The first-order valence-electron chi connectivity index (χ1n) is 12.7. The summed E-state index contributed by atoms with van der Waals surface area (Å²) in [5.74, 6) is 1.47. The van der Waals surface area contributed by atoms with Crippen LogP contribution in [0.5, 0.6) is 0 Å². The quantitative estimate of drug-likeness (QED) is 0.657. The number of hydrazine groups is 1. The molecule has 1 atom stereocenters. The van der Waals surface area contributed by atoms with Gasteiger partial charge in [0.25, 0.3) is 5.91 Å². The van der Waals surface area contributed by atoms with Crippen LogP contribution >= 0.6 is 0 Å². The van der Waals surface area contributed by atoms with Gasteiger partial charge in [0.2, 0.25) is 5.91 Å². The van der Waals surface area contributed by atoms with Gasteiger partial charge < -0.3 is 10.3 Å². The normalized spacial score (nSPS) is 29.9. The van der Waals surface area contributed by atoms with Gasteiger partial charge in [-0.05, 0) is 68.2 Å². The molecule has 0 radical (unpaired) electrons. The van der Waals surface area contributed by atoms with Crippen LogP contribution in [0.25, 0.3) is 0 Å². The second-order valence-electron chi connectivity index (χ2n) is 11.0. The summed E-state index contributed by atoms with van der Waals surface area (Å²) < 4.78 is 15.5. The molecule has 0 aromatic carbocycles. The van der Waals surface area contributed by atoms with Gasteiger partial charge in [-0.15, -0.1) is 0 Å². The number of hydrogen-bond donors (Lipinski definition) is 2. The molecule has 3 aliphatic heterocycles. The van der Waals surface area contributed by atoms with E-state index in [1.807, 2.05) is 4.90 Å². The van der Waals surface area contributed by atoms with Gasteiger partial charge in [-0.1, -0.05) is 6.08 Å². The average molecular weight is 464 g/mol. The van der Waals surface area contributed by atoms with E-state index in [0.29, 0.717) is 43.4 Å². The van der Waals surface area contributed by atoms with Crippen molar-refractivity contribution in [1.82, 2.24) is 20.7 Å². The molecule has 2 amide bonds. The van der Waals surface area contributed by atoms with Crippen LogP contribution < -0.4 is 10.9 Å². The van der Waals surface area contributed by atoms with Crippen LogP contribution in [0, 0.1) is 17.8 Å². The van der Waals surface area contributed by atoms with Crippen molar-refractivity contribution in [2.45, 2.75) is 50.5 Å². The Morgan fingerprint density at radius 2 is 2.00 bits per heavy atom. The molecule has 7 nitrogen and oxygen atoms in total. The Bertz CT molecular complexity index is 1130. The fourth-order valence-electron chi connectivity index (χ4n) is 5.99. The number of amidine groups is 1. The van der Waals surface area contributed by atoms with Crippen molar-refractivity contribution < 1.29 is 14.0 Å². The number of fused-ring (bicyclic) bond motifs is 1. The number of halogens is 1. The van der Waals surface area contributed by atoms with Gasteiger partial charge in [-0.25, -0.2) is 9.82 Å². The summed E-state index contributed by atoms with van der Waals surface area (Å²) in [6.45, 7) is 2.81. The van der Waals surface area contributed by atoms with Crippen LogP contribution in [0.4, 0.5) is 4.39 Å². The molecule has 7 aliphatic rings. The molecule has 8 heteroatoms. The molecule has 1 spiro atoms. The van der Waals surface area contributed by atoms with E-state index < -0.39 is 5.54 Å². The Morgan fingerprint density at radius 1 is 1.18 bits per heavy atom. The smallest absolute Gasteiger partial charge is 0.256 e. The van der Waals surface area contributed by atoms with Gasteiger partial charge in [-0.2, -0.15) is 0 Å². The van der Waals surface area contributed by atoms with Crippen molar-refractivity contribution in [1.29, 1.82) is 0 Å². The first kappa shape index (κ1) is 20.6. The van der Waals surface area contributed by atoms with Gasteiger partial charge in [-0.3, -0.25) is 19.5 Å². The minimum absolute atomic E-state index is 0.0263. The van der Waals surface area contributed by atoms with E-state index in [-0.39, 0.29) is 29.5 Å². The minimum Gasteiger partial charge on any atom is -0.342 e. The van der Waals surface area contributed by atoms with E-state index in [2.05, 4.69) is 23.0 Å². The van der Waals surface area contributed by atoms with Crippen molar-refractivity contribution in [3.8, 4) is 0 Å². The molecule has 1 unspecified atom stereocenters. The van der Waals surface area contributed by atoms with E-state index in [9.17, 15) is 9.59 Å². The molecule has 34 heavy (non-hydrogen) atoms. The lowest BCUT2D eigenvalue weighted by Crippen LogP contribution is -2.55. The molecule has 7 rings (SSSR count). The highest BCUT2D eigenvalue weighted by Crippen LogP contribution is 2.48. The maximum atomic E-state index is 15.5. The number of nitrogens with one attached hydrogen (secondary N) is 2. The second-order valence-corrected chi connectivity index (χ2v) is 11.0. The van der Waals surface area contributed by atoms with Crippen molar-refractivity contribution in [2.24, 2.45) is 22.7 Å². The maximum Gasteiger partial charge on any atom is 0.256 e. The monoisotopic (exact) mass is 463 g/mol. The van der Waals surface area contributed by atoms with Gasteiger partial charge >= 0.3 is 0 Å². The number of allylic oxidation sites excluding steroid dienone is 6. The number of likely N-dealkylation sites (tertiary alicyclic amines) is 1. The number of hydrogen-bond acceptors (Lipinski definition) is 5. The molecular weight excluding hydrogens is 433 g/mol. The fourth-order valence-corrected chi connectivity index (χ4v) is 5.99. The van der Waals surface area contributed by atoms with E-state index >= 15 is 4.39 Å². The van der Waals surface area contributed by atoms with Crippen molar-refractivity contribution in [2.75, 3.05) is 26.2 Å². The molecule has 0 aromatic heterocycles. The van der Waals surface area contributed by atoms with Crippen LogP contribution in [0.3, 0.4) is 0 Å². The number of carbonyl (C=O) groups is 2. The molecule has 2 N–H and O–H groups in total. The zero-order chi connectivity index (χ0) is 23.0. The van der Waals surface area contributed by atoms with E-state index in [4.69, 9.17) is 4.99 Å². The number of nitrogens with zero attached hydrogens (tertiary/aromatic N) is 3. The fraction of sp³-hybridized carbons (Fsp3) is 0.577. The highest BCUT2D eigenvalue weighted by atomic mass is 19.1. The summed E-state index contributed by atoms with van der Waals surface area (Å²) in [7, 11) is 0. The summed E-state index contributed by atoms with van der Waals surface area (Å²) in [6, 6.07) is 0. The zero-order valence-corrected chi connectivity index (χ0v) is 19.3. The second kappa shape index (κ2) is 7.38. The Kier molecular flexibility index (Phi) is 4.47. The molecule has 2 saturated carbocycles. The Balaban J connectivity index is 1.10. The Labute approximate surface area is 198 Å². The molecule has 2 saturated heterocycles. The lowest BCUT2D eigenvalue weighted by molar-refractivity contribution is -0.139. The summed E-state index contributed by atoms with van der Waals surface area (Å²) in [6.07, 6.45) is 11.6. The molecule has 3 heterocycles. The molecule has 4 fully saturated rings. The predicted molar refractivity (Wildman–Crippen MR) is 125 cm³/mol. The number of aliphatic imine (C=N–C) groups is 1. The van der Waals surface area contributed by atoms with E-state index in [1.165, 1.54) is 11.3 Å². The van der Waals surface area contributed by atoms with Crippen molar-refractivity contribution in [3.05, 3.63) is 46.5 Å². The van der Waals surface area contributed by atoms with Crippen LogP contribution in [-0.4, -0.2) is 59.2 Å². The third-order valence-electron chi connectivity index (χ3n) is 8.45. The molecule has 0 aromatic rings. The van der Waals surface area contributed by atoms with Gasteiger partial charge in [0.1, 0.15) is 17.2 Å². The van der Waals surface area contributed by atoms with Crippen LogP contribution in [0.15, 0.2) is 51.5 Å². The molecule has 4 aliphatic carbocycles. The highest BCUT2D eigenvalue weighted by Gasteiger charge is 2.58. The number of amides is 2. The molecule has 0 bridgehead atoms. The lowest BCUT2D eigenvalue weighted by atomic mass is 9.84. The van der Waals surface area contributed by atoms with Crippen molar-refractivity contribution >= 4 is 17.6 Å². The average Bonchev–Trinajstić information content (AvgIpc) is 3.72. The zero-order valence-electron chi connectivity index (χ0n) is 19.3. The Morgan fingerprint density at radius 3 is 2.74 bits per heavy atom. The largest absolute Gasteiger partial charge is 0.342 e. The summed E-state index contributed by atoms with van der Waals surface area (Å²) in [5, 5.41) is 0. The van der Waals surface area contributed by atoms with Gasteiger partial charge in [0.15, 0.2) is 0 Å². The highest BCUT2D eigenvalue weighted by molar-refractivity contribution is 6.16. The maximum absolute atomic E-state index is 15.5. The van der Waals surface area contributed by atoms with Gasteiger partial charge in [0, 0.05) is 55.2 Å². The Hall–Kier alpha value is -2.74. The number of carbonyl (C=O) groups excluding carboxylic acids is 2. The van der Waals surface area contributed by atoms with Crippen LogP contribution in [0.1, 0.15) is 44.9 Å². The van der Waals surface area contributed by atoms with E-state index in [0.717, 1.165) is 50.6 Å². The first-order chi connectivity index (χ1) is 16.5. The standard InChI is InChI=1S/C26H30FN5O2/c27-21-10-18(17-4-6-22-19(9-17)11-28-30-22)3-5-20(21)23-29-26(7-8-26)25(34)32(23)14-15-12-31(13-15)24(33)16-1-2-16/h4,6,10,15-16,19,28,30H,1-3,5,7-9,11-14H2. The molecular formula is C26H30FN5O2. The summed E-state index contributed by atoms with van der Waals surface area (Å²) in [4.78, 5) is 33.9. The molecule has 178 valence electrons. The third kappa shape index (κ3) is 3.29. The summed E-state index contributed by atoms with van der Waals surface area (Å²) in [5.41, 5.74) is 9.74. The topological polar surface area (TPSA) is 77.0 Å². The van der Waals surface area contributed by atoms with Crippen molar-refractivity contribution in [3.63, 3.8) is 0 Å². The van der Waals surface area contributed by atoms with Crippen LogP contribution in [0.2, 0.25) is 0 Å². The van der Waals surface area contributed by atoms with Crippen LogP contribution in [-0.2, 0) is 9.59 Å². The van der Waals surface area contributed by atoms with Gasteiger partial charge in [0.05, 0.1) is 0 Å². The summed E-state index contributed by atoms with van der Waals surface area (Å²) >= 11 is 0. The SMILES string of the molecule is O=C(C1CC1)N1CC(CN2C(=O)C3(CC3)N=C2C2=C(F)C=C(C3=CC=C4NNCC4C3)CC2)C1.